The highest BCUT2D eigenvalue weighted by molar-refractivity contribution is 9.10. The van der Waals surface area contributed by atoms with Gasteiger partial charge in [0.2, 0.25) is 5.88 Å². The lowest BCUT2D eigenvalue weighted by molar-refractivity contribution is 0.461. The normalized spacial score (nSPS) is 13.6. The minimum atomic E-state index is 0.626. The van der Waals surface area contributed by atoms with Crippen LogP contribution >= 0.6 is 15.9 Å². The molecule has 0 radical (unpaired) electrons. The molecule has 0 atom stereocenters. The fourth-order valence-electron chi connectivity index (χ4n) is 2.25. The van der Waals surface area contributed by atoms with Crippen LogP contribution in [0.25, 0.3) is 0 Å². The molecule has 19 heavy (non-hydrogen) atoms. The number of pyridine rings is 1. The van der Waals surface area contributed by atoms with E-state index in [1.165, 1.54) is 12.0 Å². The minimum absolute atomic E-state index is 0.626. The zero-order chi connectivity index (χ0) is 13.2. The number of ether oxygens (including phenoxy) is 1. The maximum atomic E-state index is 5.92. The number of benzene rings is 1. The summed E-state index contributed by atoms with van der Waals surface area (Å²) in [5.74, 6) is 1.48. The Morgan fingerprint density at radius 2 is 2.16 bits per heavy atom. The molecule has 1 aliphatic heterocycles. The quantitative estimate of drug-likeness (QED) is 0.896. The zero-order valence-electron chi connectivity index (χ0n) is 10.7. The monoisotopic (exact) mass is 318 g/mol. The van der Waals surface area contributed by atoms with E-state index in [2.05, 4.69) is 32.3 Å². The molecule has 0 saturated heterocycles. The van der Waals surface area contributed by atoms with Crippen molar-refractivity contribution in [2.75, 3.05) is 11.9 Å². The van der Waals surface area contributed by atoms with Gasteiger partial charge in [0.1, 0.15) is 0 Å². The number of aryl methyl sites for hydroxylation is 2. The third kappa shape index (κ3) is 2.59. The second-order valence-corrected chi connectivity index (χ2v) is 5.49. The summed E-state index contributed by atoms with van der Waals surface area (Å²) in [6.07, 6.45) is 2.28. The first-order valence-electron chi connectivity index (χ1n) is 6.41. The number of hydrogen-bond donors (Lipinski definition) is 1. The average Bonchev–Trinajstić information content (AvgIpc) is 2.43. The molecule has 1 aromatic heterocycles. The van der Waals surface area contributed by atoms with Crippen LogP contribution in [0.3, 0.4) is 0 Å². The molecule has 1 aliphatic rings. The van der Waals surface area contributed by atoms with Crippen molar-refractivity contribution < 1.29 is 4.74 Å². The molecule has 0 amide bonds. The van der Waals surface area contributed by atoms with Gasteiger partial charge in [0, 0.05) is 17.1 Å². The summed E-state index contributed by atoms with van der Waals surface area (Å²) < 4.78 is 6.91. The predicted octanol–water partition coefficient (Wildman–Crippen LogP) is 4.30. The Morgan fingerprint density at radius 1 is 1.26 bits per heavy atom. The molecule has 0 aliphatic carbocycles. The number of halogens is 1. The molecule has 2 aromatic rings. The van der Waals surface area contributed by atoms with E-state index in [4.69, 9.17) is 4.74 Å². The molecule has 0 bridgehead atoms. The van der Waals surface area contributed by atoms with Gasteiger partial charge >= 0.3 is 0 Å². The van der Waals surface area contributed by atoms with Gasteiger partial charge < -0.3 is 10.1 Å². The summed E-state index contributed by atoms with van der Waals surface area (Å²) in [6, 6.07) is 10.00. The van der Waals surface area contributed by atoms with Crippen LogP contribution in [0.2, 0.25) is 0 Å². The molecule has 3 nitrogen and oxygen atoms in total. The number of fused-ring (bicyclic) bond motifs is 1. The molecule has 1 aromatic carbocycles. The van der Waals surface area contributed by atoms with Crippen molar-refractivity contribution in [1.82, 2.24) is 4.98 Å². The second kappa shape index (κ2) is 5.21. The Morgan fingerprint density at radius 3 is 3.00 bits per heavy atom. The Balaban J connectivity index is 1.92. The average molecular weight is 319 g/mol. The van der Waals surface area contributed by atoms with E-state index < -0.39 is 0 Å². The van der Waals surface area contributed by atoms with Crippen LogP contribution in [0.15, 0.2) is 34.8 Å². The standard InChI is InChI=1S/C15H15BrN2O/c1-10-12(16)7-8-14(18-10)19-13-6-2-4-11-5-3-9-17-15(11)13/h2,4,6-8,17H,3,5,9H2,1H3. The zero-order valence-corrected chi connectivity index (χ0v) is 12.3. The van der Waals surface area contributed by atoms with Gasteiger partial charge in [-0.25, -0.2) is 4.98 Å². The Hall–Kier alpha value is -1.55. The van der Waals surface area contributed by atoms with Crippen molar-refractivity contribution in [3.05, 3.63) is 46.1 Å². The van der Waals surface area contributed by atoms with Crippen LogP contribution in [-0.4, -0.2) is 11.5 Å². The molecule has 98 valence electrons. The van der Waals surface area contributed by atoms with Gasteiger partial charge in [-0.05, 0) is 53.4 Å². The number of anilines is 1. The summed E-state index contributed by atoms with van der Waals surface area (Å²) >= 11 is 3.44. The second-order valence-electron chi connectivity index (χ2n) is 4.64. The van der Waals surface area contributed by atoms with Crippen molar-refractivity contribution in [2.45, 2.75) is 19.8 Å². The summed E-state index contributed by atoms with van der Waals surface area (Å²) in [5.41, 5.74) is 3.35. The molecule has 3 rings (SSSR count). The van der Waals surface area contributed by atoms with E-state index >= 15 is 0 Å². The van der Waals surface area contributed by atoms with Gasteiger partial charge in [0.15, 0.2) is 5.75 Å². The molecule has 4 heteroatoms. The predicted molar refractivity (Wildman–Crippen MR) is 80.0 cm³/mol. The van der Waals surface area contributed by atoms with Gasteiger partial charge in [0.25, 0.3) is 0 Å². The highest BCUT2D eigenvalue weighted by atomic mass is 79.9. The van der Waals surface area contributed by atoms with Gasteiger partial charge in [-0.15, -0.1) is 0 Å². The number of nitrogens with one attached hydrogen (secondary N) is 1. The molecule has 0 unspecified atom stereocenters. The van der Waals surface area contributed by atoms with Crippen molar-refractivity contribution in [3.8, 4) is 11.6 Å². The number of rotatable bonds is 2. The van der Waals surface area contributed by atoms with E-state index in [1.54, 1.807) is 0 Å². The van der Waals surface area contributed by atoms with Crippen LogP contribution in [0.1, 0.15) is 17.7 Å². The minimum Gasteiger partial charge on any atom is -0.437 e. The molecular formula is C15H15BrN2O. The van der Waals surface area contributed by atoms with Crippen LogP contribution in [0.5, 0.6) is 11.6 Å². The van der Waals surface area contributed by atoms with Crippen LogP contribution in [-0.2, 0) is 6.42 Å². The third-order valence-electron chi connectivity index (χ3n) is 3.25. The number of para-hydroxylation sites is 1. The molecule has 2 heterocycles. The number of hydrogen-bond acceptors (Lipinski definition) is 3. The smallest absolute Gasteiger partial charge is 0.219 e. The van der Waals surface area contributed by atoms with Gasteiger partial charge in [-0.3, -0.25) is 0 Å². The lowest BCUT2D eigenvalue weighted by Gasteiger charge is -2.20. The summed E-state index contributed by atoms with van der Waals surface area (Å²) in [4.78, 5) is 4.42. The van der Waals surface area contributed by atoms with Crippen LogP contribution in [0.4, 0.5) is 5.69 Å². The maximum Gasteiger partial charge on any atom is 0.219 e. The lowest BCUT2D eigenvalue weighted by Crippen LogP contribution is -2.12. The van der Waals surface area contributed by atoms with Gasteiger partial charge in [-0.1, -0.05) is 12.1 Å². The van der Waals surface area contributed by atoms with Crippen LogP contribution in [0, 0.1) is 6.92 Å². The molecule has 0 spiro atoms. The molecular weight excluding hydrogens is 304 g/mol. The maximum absolute atomic E-state index is 5.92. The van der Waals surface area contributed by atoms with Crippen molar-refractivity contribution in [3.63, 3.8) is 0 Å². The summed E-state index contributed by atoms with van der Waals surface area (Å²) in [6.45, 7) is 2.95. The van der Waals surface area contributed by atoms with Crippen molar-refractivity contribution >= 4 is 21.6 Å². The summed E-state index contributed by atoms with van der Waals surface area (Å²) in [7, 11) is 0. The topological polar surface area (TPSA) is 34.1 Å². The first-order valence-corrected chi connectivity index (χ1v) is 7.20. The van der Waals surface area contributed by atoms with E-state index in [1.807, 2.05) is 31.2 Å². The SMILES string of the molecule is Cc1nc(Oc2cccc3c2NCCC3)ccc1Br. The first-order chi connectivity index (χ1) is 9.24. The number of nitrogens with zero attached hydrogens (tertiary/aromatic N) is 1. The van der Waals surface area contributed by atoms with Gasteiger partial charge in [-0.2, -0.15) is 0 Å². The Kier molecular flexibility index (Phi) is 3.42. The fraction of sp³-hybridized carbons (Fsp3) is 0.267. The fourth-order valence-corrected chi connectivity index (χ4v) is 2.47. The largest absolute Gasteiger partial charge is 0.437 e. The van der Waals surface area contributed by atoms with Gasteiger partial charge in [0.05, 0.1) is 11.4 Å². The van der Waals surface area contributed by atoms with E-state index in [-0.39, 0.29) is 0 Å². The highest BCUT2D eigenvalue weighted by Gasteiger charge is 2.14. The Bertz CT molecular complexity index is 613. The molecule has 1 N–H and O–H groups in total. The summed E-state index contributed by atoms with van der Waals surface area (Å²) in [5, 5.41) is 3.42. The lowest BCUT2D eigenvalue weighted by atomic mass is 10.0. The van der Waals surface area contributed by atoms with E-state index in [0.29, 0.717) is 5.88 Å². The number of aromatic nitrogens is 1. The molecule has 0 saturated carbocycles. The Labute approximate surface area is 121 Å². The van der Waals surface area contributed by atoms with Crippen molar-refractivity contribution in [2.24, 2.45) is 0 Å². The molecule has 0 fully saturated rings. The van der Waals surface area contributed by atoms with E-state index in [0.717, 1.165) is 34.6 Å². The highest BCUT2D eigenvalue weighted by Crippen LogP contribution is 2.34. The third-order valence-corrected chi connectivity index (χ3v) is 4.09. The van der Waals surface area contributed by atoms with Crippen molar-refractivity contribution in [1.29, 1.82) is 0 Å². The first kappa shape index (κ1) is 12.5. The van der Waals surface area contributed by atoms with Crippen LogP contribution < -0.4 is 10.1 Å². The van der Waals surface area contributed by atoms with E-state index in [9.17, 15) is 0 Å².